The minimum absolute atomic E-state index is 0.157. The fraction of sp³-hybridized carbons (Fsp3) is 0.625. The quantitative estimate of drug-likeness (QED) is 0.829. The summed E-state index contributed by atoms with van der Waals surface area (Å²) in [5, 5.41) is 3.50. The molecule has 2 heteroatoms. The molecular formula is C16H27NO. The second-order valence-corrected chi connectivity index (χ2v) is 6.33. The molecule has 1 aromatic carbocycles. The lowest BCUT2D eigenvalue weighted by molar-refractivity contribution is 0.0970. The maximum atomic E-state index is 5.66. The number of ether oxygens (including phenoxy) is 1. The predicted molar refractivity (Wildman–Crippen MR) is 77.5 cm³/mol. The molecule has 18 heavy (non-hydrogen) atoms. The van der Waals surface area contributed by atoms with E-state index in [4.69, 9.17) is 4.74 Å². The molecule has 0 saturated carbocycles. The van der Waals surface area contributed by atoms with Crippen LogP contribution in [0.25, 0.3) is 0 Å². The first-order valence-corrected chi connectivity index (χ1v) is 6.77. The first kappa shape index (κ1) is 15.2. The van der Waals surface area contributed by atoms with Gasteiger partial charge in [0.25, 0.3) is 0 Å². The highest BCUT2D eigenvalue weighted by atomic mass is 16.5. The topological polar surface area (TPSA) is 21.3 Å². The van der Waals surface area contributed by atoms with Crippen molar-refractivity contribution in [3.63, 3.8) is 0 Å². The van der Waals surface area contributed by atoms with Crippen LogP contribution in [0.5, 0.6) is 0 Å². The Bertz CT molecular complexity index is 352. The van der Waals surface area contributed by atoms with E-state index < -0.39 is 0 Å². The third-order valence-electron chi connectivity index (χ3n) is 2.53. The molecule has 0 saturated heterocycles. The first-order valence-electron chi connectivity index (χ1n) is 6.77. The summed E-state index contributed by atoms with van der Waals surface area (Å²) >= 11 is 0. The van der Waals surface area contributed by atoms with Gasteiger partial charge in [-0.3, -0.25) is 0 Å². The zero-order chi connectivity index (χ0) is 13.6. The molecule has 1 N–H and O–H groups in total. The summed E-state index contributed by atoms with van der Waals surface area (Å²) in [6.07, 6.45) is 0. The number of nitrogens with one attached hydrogen (secondary N) is 1. The lowest BCUT2D eigenvalue weighted by Gasteiger charge is -2.20. The second-order valence-electron chi connectivity index (χ2n) is 6.33. The Morgan fingerprint density at radius 3 is 2.44 bits per heavy atom. The van der Waals surface area contributed by atoms with Crippen molar-refractivity contribution in [3.05, 3.63) is 35.4 Å². The van der Waals surface area contributed by atoms with E-state index in [2.05, 4.69) is 64.2 Å². The maximum Gasteiger partial charge on any atom is 0.0717 e. The molecule has 0 fully saturated rings. The SMILES string of the molecule is CC(C)COCc1cccc(CNC(C)(C)C)c1. The van der Waals surface area contributed by atoms with Crippen LogP contribution < -0.4 is 5.32 Å². The molecule has 0 radical (unpaired) electrons. The lowest BCUT2D eigenvalue weighted by atomic mass is 10.1. The number of hydrogen-bond donors (Lipinski definition) is 1. The normalized spacial score (nSPS) is 12.1. The molecular weight excluding hydrogens is 222 g/mol. The van der Waals surface area contributed by atoms with E-state index in [-0.39, 0.29) is 5.54 Å². The summed E-state index contributed by atoms with van der Waals surface area (Å²) in [6.45, 7) is 13.3. The molecule has 0 aliphatic heterocycles. The fourth-order valence-corrected chi connectivity index (χ4v) is 1.61. The standard InChI is InChI=1S/C16H27NO/c1-13(2)11-18-12-15-8-6-7-14(9-15)10-17-16(3,4)5/h6-9,13,17H,10-12H2,1-5H3. The van der Waals surface area contributed by atoms with Crippen LogP contribution in [-0.4, -0.2) is 12.1 Å². The summed E-state index contributed by atoms with van der Waals surface area (Å²) in [5.74, 6) is 0.593. The van der Waals surface area contributed by atoms with Crippen molar-refractivity contribution < 1.29 is 4.74 Å². The lowest BCUT2D eigenvalue weighted by Crippen LogP contribution is -2.35. The fourth-order valence-electron chi connectivity index (χ4n) is 1.61. The summed E-state index contributed by atoms with van der Waals surface area (Å²) in [7, 11) is 0. The van der Waals surface area contributed by atoms with Gasteiger partial charge in [0.1, 0.15) is 0 Å². The highest BCUT2D eigenvalue weighted by Gasteiger charge is 2.08. The molecule has 0 heterocycles. The average Bonchev–Trinajstić information content (AvgIpc) is 2.26. The van der Waals surface area contributed by atoms with Crippen LogP contribution in [0.15, 0.2) is 24.3 Å². The Labute approximate surface area is 112 Å². The molecule has 0 spiro atoms. The smallest absolute Gasteiger partial charge is 0.0717 e. The van der Waals surface area contributed by atoms with Gasteiger partial charge in [-0.2, -0.15) is 0 Å². The molecule has 2 nitrogen and oxygen atoms in total. The van der Waals surface area contributed by atoms with Crippen LogP contribution in [-0.2, 0) is 17.9 Å². The Hall–Kier alpha value is -0.860. The van der Waals surface area contributed by atoms with Crippen LogP contribution in [0.1, 0.15) is 45.7 Å². The van der Waals surface area contributed by atoms with E-state index in [1.165, 1.54) is 11.1 Å². The summed E-state index contributed by atoms with van der Waals surface area (Å²) in [4.78, 5) is 0. The van der Waals surface area contributed by atoms with Crippen LogP contribution in [0.3, 0.4) is 0 Å². The number of hydrogen-bond acceptors (Lipinski definition) is 2. The van der Waals surface area contributed by atoms with E-state index in [0.29, 0.717) is 12.5 Å². The van der Waals surface area contributed by atoms with E-state index in [0.717, 1.165) is 13.2 Å². The molecule has 0 unspecified atom stereocenters. The molecule has 0 atom stereocenters. The highest BCUT2D eigenvalue weighted by molar-refractivity contribution is 5.23. The second kappa shape index (κ2) is 6.91. The molecule has 0 bridgehead atoms. The zero-order valence-corrected chi connectivity index (χ0v) is 12.4. The van der Waals surface area contributed by atoms with Crippen LogP contribution in [0, 0.1) is 5.92 Å². The Balaban J connectivity index is 2.46. The average molecular weight is 249 g/mol. The molecule has 1 rings (SSSR count). The summed E-state index contributed by atoms with van der Waals surface area (Å²) in [6, 6.07) is 8.61. The van der Waals surface area contributed by atoms with Gasteiger partial charge in [-0.1, -0.05) is 38.1 Å². The van der Waals surface area contributed by atoms with E-state index >= 15 is 0 Å². The van der Waals surface area contributed by atoms with Gasteiger partial charge in [-0.25, -0.2) is 0 Å². The first-order chi connectivity index (χ1) is 8.37. The van der Waals surface area contributed by atoms with Crippen molar-refractivity contribution in [3.8, 4) is 0 Å². The maximum absolute atomic E-state index is 5.66. The third-order valence-corrected chi connectivity index (χ3v) is 2.53. The Morgan fingerprint density at radius 2 is 1.83 bits per heavy atom. The highest BCUT2D eigenvalue weighted by Crippen LogP contribution is 2.09. The summed E-state index contributed by atoms with van der Waals surface area (Å²) < 4.78 is 5.66. The van der Waals surface area contributed by atoms with E-state index in [1.807, 2.05) is 0 Å². The molecule has 0 aliphatic carbocycles. The van der Waals surface area contributed by atoms with Gasteiger partial charge in [0.05, 0.1) is 6.61 Å². The van der Waals surface area contributed by atoms with Gasteiger partial charge in [0, 0.05) is 18.7 Å². The van der Waals surface area contributed by atoms with Crippen molar-refractivity contribution in [2.24, 2.45) is 5.92 Å². The minimum Gasteiger partial charge on any atom is -0.377 e. The van der Waals surface area contributed by atoms with Gasteiger partial charge < -0.3 is 10.1 Å². The van der Waals surface area contributed by atoms with Crippen LogP contribution >= 0.6 is 0 Å². The molecule has 0 amide bonds. The van der Waals surface area contributed by atoms with Gasteiger partial charge in [-0.05, 0) is 37.8 Å². The van der Waals surface area contributed by atoms with Crippen molar-refractivity contribution in [2.75, 3.05) is 6.61 Å². The molecule has 102 valence electrons. The van der Waals surface area contributed by atoms with Gasteiger partial charge in [0.15, 0.2) is 0 Å². The van der Waals surface area contributed by atoms with Crippen molar-refractivity contribution >= 4 is 0 Å². The summed E-state index contributed by atoms with van der Waals surface area (Å²) in [5.41, 5.74) is 2.73. The third kappa shape index (κ3) is 6.77. The molecule has 1 aromatic rings. The van der Waals surface area contributed by atoms with Crippen LogP contribution in [0.4, 0.5) is 0 Å². The Kier molecular flexibility index (Phi) is 5.83. The number of benzene rings is 1. The van der Waals surface area contributed by atoms with Crippen LogP contribution in [0.2, 0.25) is 0 Å². The molecule has 0 aromatic heterocycles. The minimum atomic E-state index is 0.157. The van der Waals surface area contributed by atoms with Crippen molar-refractivity contribution in [1.29, 1.82) is 0 Å². The monoisotopic (exact) mass is 249 g/mol. The Morgan fingerprint density at radius 1 is 1.17 bits per heavy atom. The van der Waals surface area contributed by atoms with E-state index in [1.54, 1.807) is 0 Å². The van der Waals surface area contributed by atoms with Gasteiger partial charge in [-0.15, -0.1) is 0 Å². The van der Waals surface area contributed by atoms with Crippen molar-refractivity contribution in [1.82, 2.24) is 5.32 Å². The number of rotatable bonds is 6. The molecule has 0 aliphatic rings. The van der Waals surface area contributed by atoms with E-state index in [9.17, 15) is 0 Å². The predicted octanol–water partition coefficient (Wildman–Crippen LogP) is 3.75. The van der Waals surface area contributed by atoms with Gasteiger partial charge in [0.2, 0.25) is 0 Å². The zero-order valence-electron chi connectivity index (χ0n) is 12.4. The van der Waals surface area contributed by atoms with Gasteiger partial charge >= 0.3 is 0 Å². The van der Waals surface area contributed by atoms with Crippen molar-refractivity contribution in [2.45, 2.75) is 53.3 Å². The largest absolute Gasteiger partial charge is 0.377 e.